The summed E-state index contributed by atoms with van der Waals surface area (Å²) in [5, 5.41) is 6.79. The van der Waals surface area contributed by atoms with E-state index in [1.54, 1.807) is 55.6 Å². The number of hydrogen-bond acceptors (Lipinski definition) is 4. The Bertz CT molecular complexity index is 1460. The average molecular weight is 531 g/mol. The van der Waals surface area contributed by atoms with E-state index in [4.69, 9.17) is 9.47 Å². The van der Waals surface area contributed by atoms with Gasteiger partial charge in [0.1, 0.15) is 18.1 Å². The fraction of sp³-hybridized carbons (Fsp3) is 0.185. The van der Waals surface area contributed by atoms with Crippen LogP contribution >= 0.6 is 0 Å². The molecular weight excluding hydrogens is 509 g/mol. The van der Waals surface area contributed by atoms with Crippen LogP contribution in [0.4, 0.5) is 27.6 Å². The number of nitrogens with zero attached hydrogens (tertiary/aromatic N) is 2. The summed E-state index contributed by atoms with van der Waals surface area (Å²) in [6.45, 7) is 2.59. The Kier molecular flexibility index (Phi) is 7.65. The third-order valence-corrected chi connectivity index (χ3v) is 5.91. The van der Waals surface area contributed by atoms with Crippen molar-refractivity contribution in [2.45, 2.75) is 27.0 Å². The fourth-order valence-electron chi connectivity index (χ4n) is 3.75. The van der Waals surface area contributed by atoms with E-state index in [2.05, 4.69) is 10.4 Å². The molecule has 3 aromatic carbocycles. The monoisotopic (exact) mass is 531 g/mol. The molecule has 0 atom stereocenters. The van der Waals surface area contributed by atoms with Crippen molar-refractivity contribution < 1.29 is 36.2 Å². The highest BCUT2D eigenvalue weighted by Gasteiger charge is 2.27. The Morgan fingerprint density at radius 1 is 0.842 bits per heavy atom. The molecule has 0 bridgehead atoms. The summed E-state index contributed by atoms with van der Waals surface area (Å²) in [7, 11) is 1.57. The number of halogens is 5. The predicted molar refractivity (Wildman–Crippen MR) is 129 cm³/mol. The number of nitrogens with one attached hydrogen (secondary N) is 1. The fourth-order valence-corrected chi connectivity index (χ4v) is 3.75. The number of ether oxygens (including phenoxy) is 2. The molecule has 0 spiro atoms. The maximum Gasteiger partial charge on any atom is 0.255 e. The molecule has 1 aromatic heterocycles. The molecule has 0 aliphatic carbocycles. The SMILES string of the molecule is COc1ccc(OCc2ccc(C(=O)Nc3c(C)nn(Cc4c(F)c(F)c(F)c(F)c4F)c3C)cc2)cc1. The summed E-state index contributed by atoms with van der Waals surface area (Å²) in [6.07, 6.45) is 0. The number of carbonyl (C=O) groups excluding carboxylic acids is 1. The van der Waals surface area contributed by atoms with Gasteiger partial charge in [0.05, 0.1) is 36.3 Å². The molecule has 0 radical (unpaired) electrons. The highest BCUT2D eigenvalue weighted by molar-refractivity contribution is 6.04. The molecule has 0 saturated heterocycles. The molecular formula is C27H22F5N3O3. The highest BCUT2D eigenvalue weighted by Crippen LogP contribution is 2.27. The van der Waals surface area contributed by atoms with Gasteiger partial charge in [-0.25, -0.2) is 22.0 Å². The third kappa shape index (κ3) is 5.31. The van der Waals surface area contributed by atoms with Crippen molar-refractivity contribution >= 4 is 11.6 Å². The number of hydrogen-bond donors (Lipinski definition) is 1. The predicted octanol–water partition coefficient (Wildman–Crippen LogP) is 6.08. The van der Waals surface area contributed by atoms with Gasteiger partial charge in [-0.15, -0.1) is 0 Å². The van der Waals surface area contributed by atoms with Gasteiger partial charge in [0.15, 0.2) is 23.3 Å². The molecule has 0 saturated carbocycles. The van der Waals surface area contributed by atoms with E-state index in [9.17, 15) is 26.7 Å². The Labute approximate surface area is 214 Å². The lowest BCUT2D eigenvalue weighted by molar-refractivity contribution is 0.102. The standard InChI is InChI=1S/C27H22F5N3O3/c1-14-26(15(2)35(34-14)12-20-21(28)23(30)25(32)24(31)22(20)29)33-27(36)17-6-4-16(5-7-17)13-38-19-10-8-18(37-3)9-11-19/h4-11H,12-13H2,1-3H3,(H,33,36). The van der Waals surface area contributed by atoms with Gasteiger partial charge in [-0.1, -0.05) is 12.1 Å². The molecule has 0 aliphatic heterocycles. The topological polar surface area (TPSA) is 65.4 Å². The molecule has 0 aliphatic rings. The Morgan fingerprint density at radius 2 is 1.39 bits per heavy atom. The lowest BCUT2D eigenvalue weighted by Gasteiger charge is -2.11. The van der Waals surface area contributed by atoms with Crippen molar-refractivity contribution in [1.82, 2.24) is 9.78 Å². The number of amides is 1. The minimum Gasteiger partial charge on any atom is -0.497 e. The quantitative estimate of drug-likeness (QED) is 0.170. The number of aryl methyl sites for hydroxylation is 1. The second-order valence-corrected chi connectivity index (χ2v) is 8.37. The van der Waals surface area contributed by atoms with Gasteiger partial charge in [-0.2, -0.15) is 5.10 Å². The Balaban J connectivity index is 1.45. The number of carbonyl (C=O) groups is 1. The smallest absolute Gasteiger partial charge is 0.255 e. The maximum atomic E-state index is 14.1. The summed E-state index contributed by atoms with van der Waals surface area (Å²) >= 11 is 0. The lowest BCUT2D eigenvalue weighted by atomic mass is 10.1. The summed E-state index contributed by atoms with van der Waals surface area (Å²) in [5.41, 5.74) is 0.932. The summed E-state index contributed by atoms with van der Waals surface area (Å²) < 4.78 is 80.7. The first-order chi connectivity index (χ1) is 18.1. The molecule has 6 nitrogen and oxygen atoms in total. The molecule has 38 heavy (non-hydrogen) atoms. The Morgan fingerprint density at radius 3 is 1.97 bits per heavy atom. The van der Waals surface area contributed by atoms with Crippen LogP contribution in [0.3, 0.4) is 0 Å². The number of aromatic nitrogens is 2. The Hall–Kier alpha value is -4.41. The van der Waals surface area contributed by atoms with Gasteiger partial charge in [0.2, 0.25) is 5.82 Å². The second kappa shape index (κ2) is 10.9. The van der Waals surface area contributed by atoms with Crippen LogP contribution in [0.15, 0.2) is 48.5 Å². The van der Waals surface area contributed by atoms with E-state index >= 15 is 0 Å². The first-order valence-corrected chi connectivity index (χ1v) is 11.3. The normalized spacial score (nSPS) is 10.9. The van der Waals surface area contributed by atoms with Crippen LogP contribution in [0.5, 0.6) is 11.5 Å². The molecule has 4 rings (SSSR count). The van der Waals surface area contributed by atoms with Crippen LogP contribution in [-0.2, 0) is 13.2 Å². The summed E-state index contributed by atoms with van der Waals surface area (Å²) in [5.74, 6) is -9.29. The number of benzene rings is 3. The van der Waals surface area contributed by atoms with Crippen LogP contribution in [0.25, 0.3) is 0 Å². The van der Waals surface area contributed by atoms with Crippen LogP contribution in [0, 0.1) is 42.9 Å². The van der Waals surface area contributed by atoms with E-state index in [0.29, 0.717) is 22.8 Å². The number of rotatable bonds is 8. The van der Waals surface area contributed by atoms with E-state index in [1.807, 2.05) is 0 Å². The molecule has 1 amide bonds. The van der Waals surface area contributed by atoms with E-state index < -0.39 is 47.1 Å². The third-order valence-electron chi connectivity index (χ3n) is 5.91. The zero-order valence-corrected chi connectivity index (χ0v) is 20.5. The van der Waals surface area contributed by atoms with E-state index in [0.717, 1.165) is 10.2 Å². The summed E-state index contributed by atoms with van der Waals surface area (Å²) in [4.78, 5) is 12.8. The molecule has 0 unspecified atom stereocenters. The van der Waals surface area contributed by atoms with Crippen LogP contribution in [-0.4, -0.2) is 22.8 Å². The van der Waals surface area contributed by atoms with Gasteiger partial charge in [0, 0.05) is 5.56 Å². The molecule has 198 valence electrons. The minimum atomic E-state index is -2.23. The van der Waals surface area contributed by atoms with Gasteiger partial charge in [-0.3, -0.25) is 9.48 Å². The van der Waals surface area contributed by atoms with Crippen LogP contribution < -0.4 is 14.8 Å². The summed E-state index contributed by atoms with van der Waals surface area (Å²) in [6, 6.07) is 13.8. The largest absolute Gasteiger partial charge is 0.497 e. The highest BCUT2D eigenvalue weighted by atomic mass is 19.2. The maximum absolute atomic E-state index is 14.1. The lowest BCUT2D eigenvalue weighted by Crippen LogP contribution is -2.14. The van der Waals surface area contributed by atoms with E-state index in [-0.39, 0.29) is 18.0 Å². The minimum absolute atomic E-state index is 0.255. The van der Waals surface area contributed by atoms with Crippen molar-refractivity contribution in [2.75, 3.05) is 12.4 Å². The van der Waals surface area contributed by atoms with Crippen molar-refractivity contribution in [3.63, 3.8) is 0 Å². The second-order valence-electron chi connectivity index (χ2n) is 8.37. The van der Waals surface area contributed by atoms with Crippen molar-refractivity contribution in [1.29, 1.82) is 0 Å². The molecule has 4 aromatic rings. The molecule has 1 heterocycles. The average Bonchev–Trinajstić information content (AvgIpc) is 3.19. The van der Waals surface area contributed by atoms with E-state index in [1.165, 1.54) is 13.8 Å². The van der Waals surface area contributed by atoms with Crippen LogP contribution in [0.2, 0.25) is 0 Å². The first kappa shape index (κ1) is 26.6. The van der Waals surface area contributed by atoms with Crippen molar-refractivity contribution in [3.8, 4) is 11.5 Å². The van der Waals surface area contributed by atoms with Crippen molar-refractivity contribution in [2.24, 2.45) is 0 Å². The first-order valence-electron chi connectivity index (χ1n) is 11.3. The zero-order chi connectivity index (χ0) is 27.6. The number of anilines is 1. The van der Waals surface area contributed by atoms with Gasteiger partial charge >= 0.3 is 0 Å². The van der Waals surface area contributed by atoms with Crippen molar-refractivity contribution in [3.05, 3.63) is 106 Å². The molecule has 1 N–H and O–H groups in total. The zero-order valence-electron chi connectivity index (χ0n) is 20.5. The van der Waals surface area contributed by atoms with Crippen LogP contribution in [0.1, 0.15) is 32.9 Å². The molecule has 11 heteroatoms. The number of methoxy groups -OCH3 is 1. The molecule has 0 fully saturated rings. The van der Waals surface area contributed by atoms with Gasteiger partial charge < -0.3 is 14.8 Å². The van der Waals surface area contributed by atoms with Gasteiger partial charge in [-0.05, 0) is 55.8 Å². The van der Waals surface area contributed by atoms with Gasteiger partial charge in [0.25, 0.3) is 5.91 Å².